The molecule has 0 amide bonds. The van der Waals surface area contributed by atoms with Crippen molar-refractivity contribution < 1.29 is 27.4 Å². The number of carbonyl (C=O) groups is 1. The molecule has 0 aliphatic rings. The highest BCUT2D eigenvalue weighted by Crippen LogP contribution is 2.28. The summed E-state index contributed by atoms with van der Waals surface area (Å²) in [5.74, 6) is 0.304. The van der Waals surface area contributed by atoms with Gasteiger partial charge in [-0.15, -0.1) is 0 Å². The van der Waals surface area contributed by atoms with Crippen LogP contribution in [0.1, 0.15) is 21.5 Å². The summed E-state index contributed by atoms with van der Waals surface area (Å²) in [7, 11) is 0.554. The number of carbonyl (C=O) groups excluding carboxylic acids is 1. The van der Waals surface area contributed by atoms with E-state index in [4.69, 9.17) is 14.2 Å². The lowest BCUT2D eigenvalue weighted by atomic mass is 10.1. The van der Waals surface area contributed by atoms with Crippen molar-refractivity contribution in [2.24, 2.45) is 0 Å². The molecular weight excluding hydrogens is 442 g/mol. The number of rotatable bonds is 10. The van der Waals surface area contributed by atoms with Crippen LogP contribution in [-0.2, 0) is 27.7 Å². The molecule has 3 aromatic rings. The van der Waals surface area contributed by atoms with E-state index in [9.17, 15) is 13.2 Å². The summed E-state index contributed by atoms with van der Waals surface area (Å²) in [6, 6.07) is 21.0. The van der Waals surface area contributed by atoms with Gasteiger partial charge in [-0.05, 0) is 41.5 Å². The van der Waals surface area contributed by atoms with Crippen LogP contribution in [0.3, 0.4) is 0 Å². The molecule has 0 N–H and O–H groups in total. The molecule has 0 saturated heterocycles. The Labute approximate surface area is 194 Å². The van der Waals surface area contributed by atoms with Gasteiger partial charge in [0.1, 0.15) is 16.4 Å². The maximum Gasteiger partial charge on any atom is 0.338 e. The van der Waals surface area contributed by atoms with Gasteiger partial charge < -0.3 is 14.2 Å². The molecule has 33 heavy (non-hydrogen) atoms. The first kappa shape index (κ1) is 24.3. The largest absolute Gasteiger partial charge is 0.497 e. The second-order valence-electron chi connectivity index (χ2n) is 7.35. The van der Waals surface area contributed by atoms with Crippen molar-refractivity contribution in [2.75, 3.05) is 27.9 Å². The summed E-state index contributed by atoms with van der Waals surface area (Å²) in [4.78, 5) is 12.5. The van der Waals surface area contributed by atoms with Crippen LogP contribution in [0.4, 0.5) is 0 Å². The summed E-state index contributed by atoms with van der Waals surface area (Å²) >= 11 is 0. The van der Waals surface area contributed by atoms with Crippen molar-refractivity contribution in [3.05, 3.63) is 89.5 Å². The Balaban J connectivity index is 1.72. The fourth-order valence-corrected chi connectivity index (χ4v) is 4.57. The topological polar surface area (TPSA) is 82.1 Å². The van der Waals surface area contributed by atoms with Crippen LogP contribution in [-0.4, -0.2) is 46.6 Å². The Morgan fingerprint density at radius 3 is 2.21 bits per heavy atom. The molecule has 0 fully saturated rings. The van der Waals surface area contributed by atoms with Crippen LogP contribution in [0, 0.1) is 0 Å². The first-order valence-corrected chi connectivity index (χ1v) is 11.8. The highest BCUT2D eigenvalue weighted by molar-refractivity contribution is 7.89. The summed E-state index contributed by atoms with van der Waals surface area (Å²) in [6.45, 7) is 0.343. The number of sulfonamides is 1. The quantitative estimate of drug-likeness (QED) is 0.419. The van der Waals surface area contributed by atoms with E-state index in [1.807, 2.05) is 54.6 Å². The summed E-state index contributed by atoms with van der Waals surface area (Å²) in [6.07, 6.45) is 0.525. The molecule has 0 heterocycles. The summed E-state index contributed by atoms with van der Waals surface area (Å²) in [5, 5.41) is 0. The maximum atomic E-state index is 13.2. The molecule has 174 valence electrons. The van der Waals surface area contributed by atoms with Crippen LogP contribution in [0.25, 0.3) is 0 Å². The van der Waals surface area contributed by atoms with E-state index in [1.165, 1.54) is 36.7 Å². The number of nitrogens with zero attached hydrogens (tertiary/aromatic N) is 1. The molecule has 0 radical (unpaired) electrons. The van der Waals surface area contributed by atoms with E-state index in [0.29, 0.717) is 6.42 Å². The Hall–Kier alpha value is -3.36. The lowest BCUT2D eigenvalue weighted by molar-refractivity contribution is 0.0509. The normalized spacial score (nSPS) is 11.3. The molecule has 8 heteroatoms. The van der Waals surface area contributed by atoms with Gasteiger partial charge in [-0.1, -0.05) is 42.5 Å². The highest BCUT2D eigenvalue weighted by atomic mass is 32.2. The van der Waals surface area contributed by atoms with Crippen molar-refractivity contribution in [3.63, 3.8) is 0 Å². The van der Waals surface area contributed by atoms with Gasteiger partial charge in [0, 0.05) is 20.0 Å². The molecular formula is C25H27NO6S. The smallest absolute Gasteiger partial charge is 0.338 e. The molecule has 0 bridgehead atoms. The molecule has 0 spiro atoms. The van der Waals surface area contributed by atoms with Crippen LogP contribution in [0.5, 0.6) is 11.5 Å². The highest BCUT2D eigenvalue weighted by Gasteiger charge is 2.26. The first-order chi connectivity index (χ1) is 15.8. The molecule has 0 unspecified atom stereocenters. The van der Waals surface area contributed by atoms with E-state index in [2.05, 4.69) is 0 Å². The molecule has 0 aromatic heterocycles. The van der Waals surface area contributed by atoms with Gasteiger partial charge >= 0.3 is 5.97 Å². The Kier molecular flexibility index (Phi) is 8.08. The molecule has 0 aliphatic heterocycles. The third-order valence-electron chi connectivity index (χ3n) is 5.12. The van der Waals surface area contributed by atoms with Crippen molar-refractivity contribution in [1.29, 1.82) is 0 Å². The maximum absolute atomic E-state index is 13.2. The zero-order chi connectivity index (χ0) is 23.8. The van der Waals surface area contributed by atoms with Gasteiger partial charge in [-0.2, -0.15) is 4.31 Å². The fraction of sp³-hybridized carbons (Fsp3) is 0.240. The van der Waals surface area contributed by atoms with E-state index in [1.54, 1.807) is 7.11 Å². The predicted octanol–water partition coefficient (Wildman–Crippen LogP) is 3.92. The van der Waals surface area contributed by atoms with Gasteiger partial charge in [0.25, 0.3) is 0 Å². The molecule has 7 nitrogen and oxygen atoms in total. The second kappa shape index (κ2) is 11.0. The average Bonchev–Trinajstić information content (AvgIpc) is 2.84. The molecule has 0 saturated carbocycles. The van der Waals surface area contributed by atoms with Crippen molar-refractivity contribution in [1.82, 2.24) is 4.31 Å². The average molecular weight is 470 g/mol. The number of benzene rings is 3. The van der Waals surface area contributed by atoms with Crippen molar-refractivity contribution >= 4 is 16.0 Å². The van der Waals surface area contributed by atoms with Gasteiger partial charge in [0.05, 0.1) is 26.4 Å². The zero-order valence-corrected chi connectivity index (χ0v) is 19.7. The van der Waals surface area contributed by atoms with Gasteiger partial charge in [-0.3, -0.25) is 0 Å². The van der Waals surface area contributed by atoms with E-state index in [-0.39, 0.29) is 29.4 Å². The van der Waals surface area contributed by atoms with E-state index in [0.717, 1.165) is 16.9 Å². The fourth-order valence-electron chi connectivity index (χ4n) is 3.24. The van der Waals surface area contributed by atoms with Crippen LogP contribution in [0.2, 0.25) is 0 Å². The predicted molar refractivity (Wildman–Crippen MR) is 125 cm³/mol. The van der Waals surface area contributed by atoms with Gasteiger partial charge in [0.2, 0.25) is 10.0 Å². The van der Waals surface area contributed by atoms with E-state index >= 15 is 0 Å². The minimum Gasteiger partial charge on any atom is -0.497 e. The van der Waals surface area contributed by atoms with E-state index < -0.39 is 16.0 Å². The Bertz CT molecular complexity index is 1180. The standard InChI is InChI=1S/C25H27NO6S/c1-26(18-20-7-5-4-6-8-20)33(28,29)24-17-21(11-14-23(24)31-3)25(27)32-16-15-19-9-12-22(30-2)13-10-19/h4-14,17H,15-16,18H2,1-3H3. The zero-order valence-electron chi connectivity index (χ0n) is 18.9. The molecule has 0 atom stereocenters. The number of hydrogen-bond donors (Lipinski definition) is 0. The Morgan fingerprint density at radius 2 is 1.58 bits per heavy atom. The number of hydrogen-bond acceptors (Lipinski definition) is 6. The lowest BCUT2D eigenvalue weighted by Gasteiger charge is -2.19. The SMILES string of the molecule is COc1ccc(CCOC(=O)c2ccc(OC)c(S(=O)(=O)N(C)Cc3ccccc3)c2)cc1. The van der Waals surface area contributed by atoms with Crippen molar-refractivity contribution in [2.45, 2.75) is 17.9 Å². The number of methoxy groups -OCH3 is 2. The third-order valence-corrected chi connectivity index (χ3v) is 6.94. The number of esters is 1. The minimum atomic E-state index is -3.92. The summed E-state index contributed by atoms with van der Waals surface area (Å²) in [5.41, 5.74) is 1.97. The van der Waals surface area contributed by atoms with Gasteiger partial charge in [-0.25, -0.2) is 13.2 Å². The van der Waals surface area contributed by atoms with Crippen molar-refractivity contribution in [3.8, 4) is 11.5 Å². The monoisotopic (exact) mass is 469 g/mol. The third kappa shape index (κ3) is 6.12. The van der Waals surface area contributed by atoms with Gasteiger partial charge in [0.15, 0.2) is 0 Å². The lowest BCUT2D eigenvalue weighted by Crippen LogP contribution is -2.27. The molecule has 3 aromatic carbocycles. The molecule has 3 rings (SSSR count). The van der Waals surface area contributed by atoms with Crippen LogP contribution >= 0.6 is 0 Å². The van der Waals surface area contributed by atoms with Crippen LogP contribution in [0.15, 0.2) is 77.7 Å². The second-order valence-corrected chi connectivity index (χ2v) is 9.36. The first-order valence-electron chi connectivity index (χ1n) is 10.3. The minimum absolute atomic E-state index is 0.0898. The molecule has 0 aliphatic carbocycles. The Morgan fingerprint density at radius 1 is 0.879 bits per heavy atom. The number of ether oxygens (including phenoxy) is 3. The van der Waals surface area contributed by atoms with Crippen LogP contribution < -0.4 is 9.47 Å². The summed E-state index contributed by atoms with van der Waals surface area (Å²) < 4.78 is 43.4.